The van der Waals surface area contributed by atoms with Crippen molar-refractivity contribution in [3.05, 3.63) is 34.5 Å². The Labute approximate surface area is 169 Å². The van der Waals surface area contributed by atoms with E-state index >= 15 is 0 Å². The number of pyridine rings is 1. The zero-order chi connectivity index (χ0) is 20.4. The molecule has 1 aliphatic heterocycles. The molecule has 0 aromatic carbocycles. The van der Waals surface area contributed by atoms with E-state index in [4.69, 9.17) is 23.2 Å². The lowest BCUT2D eigenvalue weighted by Gasteiger charge is -2.41. The van der Waals surface area contributed by atoms with Gasteiger partial charge in [0.15, 0.2) is 16.8 Å². The predicted molar refractivity (Wildman–Crippen MR) is 101 cm³/mol. The number of carboxylic acid groups (broad SMARTS) is 1. The van der Waals surface area contributed by atoms with Crippen LogP contribution in [0.5, 0.6) is 0 Å². The van der Waals surface area contributed by atoms with Crippen LogP contribution in [0.4, 0.5) is 19.4 Å². The second-order valence-electron chi connectivity index (χ2n) is 6.44. The van der Waals surface area contributed by atoms with Gasteiger partial charge < -0.3 is 14.9 Å². The number of hydrogen-bond donors (Lipinski definition) is 1. The maximum Gasteiger partial charge on any atom is 0.407 e. The summed E-state index contributed by atoms with van der Waals surface area (Å²) in [6.07, 6.45) is -0.959. The number of nitrogens with zero attached hydrogens (tertiary/aromatic N) is 5. The number of rotatable bonds is 4. The molecule has 1 saturated heterocycles. The van der Waals surface area contributed by atoms with Gasteiger partial charge >= 0.3 is 6.09 Å². The van der Waals surface area contributed by atoms with Crippen molar-refractivity contribution in [2.75, 3.05) is 24.5 Å². The van der Waals surface area contributed by atoms with Crippen LogP contribution in [-0.2, 0) is 0 Å². The Morgan fingerprint density at radius 3 is 2.79 bits per heavy atom. The van der Waals surface area contributed by atoms with E-state index in [1.165, 1.54) is 30.2 Å². The lowest BCUT2D eigenvalue weighted by Crippen LogP contribution is -2.55. The summed E-state index contributed by atoms with van der Waals surface area (Å²) in [5.74, 6) is -0.252. The normalized spacial score (nSPS) is 18.2. The largest absolute Gasteiger partial charge is 0.465 e. The molecular formula is C17H17Cl2F2N5O2. The molecule has 28 heavy (non-hydrogen) atoms. The third-order valence-electron chi connectivity index (χ3n) is 4.40. The number of hydrogen-bond acceptors (Lipinski definition) is 5. The van der Waals surface area contributed by atoms with Gasteiger partial charge in [-0.05, 0) is 13.0 Å². The standard InChI is InChI=1S/C17H17Cl2F2N5O2/c1-9(20)6-11-8-25(4-5-26(11)17(27)28)16-13(18)14(19)23-15(24-16)10-2-3-22-12(21)7-10/h2-3,7,9,11H,4-6,8H2,1H3,(H,27,28). The first kappa shape index (κ1) is 20.5. The molecule has 3 rings (SSSR count). The van der Waals surface area contributed by atoms with Crippen molar-refractivity contribution in [1.29, 1.82) is 0 Å². The van der Waals surface area contributed by atoms with E-state index in [0.29, 0.717) is 12.1 Å². The van der Waals surface area contributed by atoms with Gasteiger partial charge in [0, 0.05) is 43.9 Å². The van der Waals surface area contributed by atoms with Crippen LogP contribution >= 0.6 is 23.2 Å². The van der Waals surface area contributed by atoms with Gasteiger partial charge in [0.2, 0.25) is 5.95 Å². The van der Waals surface area contributed by atoms with Crippen LogP contribution in [0.25, 0.3) is 11.4 Å². The molecule has 2 unspecified atom stereocenters. The van der Waals surface area contributed by atoms with Gasteiger partial charge in [-0.3, -0.25) is 0 Å². The summed E-state index contributed by atoms with van der Waals surface area (Å²) in [6, 6.07) is 2.12. The summed E-state index contributed by atoms with van der Waals surface area (Å²) < 4.78 is 27.0. The van der Waals surface area contributed by atoms with Crippen molar-refractivity contribution in [3.63, 3.8) is 0 Å². The van der Waals surface area contributed by atoms with Crippen LogP contribution < -0.4 is 4.90 Å². The third kappa shape index (κ3) is 4.41. The Morgan fingerprint density at radius 1 is 1.39 bits per heavy atom. The monoisotopic (exact) mass is 431 g/mol. The van der Waals surface area contributed by atoms with Gasteiger partial charge in [-0.15, -0.1) is 0 Å². The molecule has 0 bridgehead atoms. The minimum Gasteiger partial charge on any atom is -0.465 e. The molecule has 0 spiro atoms. The minimum atomic E-state index is -1.17. The quantitative estimate of drug-likeness (QED) is 0.583. The number of carbonyl (C=O) groups is 1. The Balaban J connectivity index is 1.95. The number of amides is 1. The third-order valence-corrected chi connectivity index (χ3v) is 5.12. The molecule has 11 heteroatoms. The van der Waals surface area contributed by atoms with E-state index in [-0.39, 0.29) is 41.3 Å². The SMILES string of the molecule is CC(F)CC1CN(c2nc(-c3ccnc(F)c3)nc(Cl)c2Cl)CCN1C(=O)O. The van der Waals surface area contributed by atoms with Crippen LogP contribution in [-0.4, -0.2) is 62.9 Å². The highest BCUT2D eigenvalue weighted by Gasteiger charge is 2.33. The van der Waals surface area contributed by atoms with Crippen molar-refractivity contribution in [1.82, 2.24) is 19.9 Å². The summed E-state index contributed by atoms with van der Waals surface area (Å²) in [5.41, 5.74) is 0.366. The highest BCUT2D eigenvalue weighted by atomic mass is 35.5. The van der Waals surface area contributed by atoms with Crippen LogP contribution in [0, 0.1) is 5.95 Å². The van der Waals surface area contributed by atoms with E-state index in [1.54, 1.807) is 4.90 Å². The molecule has 1 N–H and O–H groups in total. The van der Waals surface area contributed by atoms with Gasteiger partial charge in [0.25, 0.3) is 0 Å². The van der Waals surface area contributed by atoms with Crippen LogP contribution in [0.3, 0.4) is 0 Å². The number of halogens is 4. The lowest BCUT2D eigenvalue weighted by atomic mass is 10.1. The number of anilines is 1. The zero-order valence-electron chi connectivity index (χ0n) is 14.8. The first-order valence-electron chi connectivity index (χ1n) is 8.49. The van der Waals surface area contributed by atoms with Gasteiger partial charge in [0.05, 0.1) is 12.2 Å². The number of alkyl halides is 1. The maximum absolute atomic E-state index is 13.6. The fourth-order valence-corrected chi connectivity index (χ4v) is 3.53. The molecule has 2 atom stereocenters. The van der Waals surface area contributed by atoms with Crippen LogP contribution in [0.2, 0.25) is 10.2 Å². The Morgan fingerprint density at radius 2 is 2.14 bits per heavy atom. The smallest absolute Gasteiger partial charge is 0.407 e. The lowest BCUT2D eigenvalue weighted by molar-refractivity contribution is 0.106. The molecule has 7 nitrogen and oxygen atoms in total. The molecule has 0 aliphatic carbocycles. The average Bonchev–Trinajstić information content (AvgIpc) is 2.63. The van der Waals surface area contributed by atoms with Gasteiger partial charge in [0.1, 0.15) is 5.02 Å². The molecule has 0 radical (unpaired) electrons. The second kappa shape index (κ2) is 8.40. The van der Waals surface area contributed by atoms with Gasteiger partial charge in [-0.1, -0.05) is 23.2 Å². The van der Waals surface area contributed by atoms with Crippen LogP contribution in [0.15, 0.2) is 18.3 Å². The fraction of sp³-hybridized carbons (Fsp3) is 0.412. The van der Waals surface area contributed by atoms with Crippen molar-refractivity contribution in [2.45, 2.75) is 25.6 Å². The molecule has 1 amide bonds. The molecule has 150 valence electrons. The summed E-state index contributed by atoms with van der Waals surface area (Å²) in [4.78, 5) is 26.4. The molecule has 2 aromatic rings. The van der Waals surface area contributed by atoms with Crippen LogP contribution in [0.1, 0.15) is 13.3 Å². The molecular weight excluding hydrogens is 415 g/mol. The summed E-state index contributed by atoms with van der Waals surface area (Å²) >= 11 is 12.4. The summed E-state index contributed by atoms with van der Waals surface area (Å²) in [5, 5.41) is 9.44. The average molecular weight is 432 g/mol. The van der Waals surface area contributed by atoms with E-state index < -0.39 is 24.3 Å². The Bertz CT molecular complexity index is 887. The Hall–Kier alpha value is -2.26. The van der Waals surface area contributed by atoms with E-state index in [9.17, 15) is 18.7 Å². The number of piperazine rings is 1. The molecule has 3 heterocycles. The van der Waals surface area contributed by atoms with E-state index in [1.807, 2.05) is 0 Å². The van der Waals surface area contributed by atoms with E-state index in [0.717, 1.165) is 0 Å². The van der Waals surface area contributed by atoms with Gasteiger partial charge in [-0.25, -0.2) is 24.1 Å². The summed E-state index contributed by atoms with van der Waals surface area (Å²) in [7, 11) is 0. The second-order valence-corrected chi connectivity index (χ2v) is 7.17. The minimum absolute atomic E-state index is 0.0186. The molecule has 1 aliphatic rings. The fourth-order valence-electron chi connectivity index (χ4n) is 3.17. The van der Waals surface area contributed by atoms with Crippen molar-refractivity contribution < 1.29 is 18.7 Å². The predicted octanol–water partition coefficient (Wildman–Crippen LogP) is 3.90. The topological polar surface area (TPSA) is 82.5 Å². The van der Waals surface area contributed by atoms with Gasteiger partial charge in [-0.2, -0.15) is 4.39 Å². The highest BCUT2D eigenvalue weighted by molar-refractivity contribution is 6.42. The maximum atomic E-state index is 13.6. The van der Waals surface area contributed by atoms with E-state index in [2.05, 4.69) is 15.0 Å². The molecule has 2 aromatic heterocycles. The van der Waals surface area contributed by atoms with Crippen molar-refractivity contribution >= 4 is 35.1 Å². The summed E-state index contributed by atoms with van der Waals surface area (Å²) in [6.45, 7) is 2.02. The highest BCUT2D eigenvalue weighted by Crippen LogP contribution is 2.34. The first-order valence-corrected chi connectivity index (χ1v) is 9.25. The van der Waals surface area contributed by atoms with Crippen molar-refractivity contribution in [3.8, 4) is 11.4 Å². The number of aromatic nitrogens is 3. The first-order chi connectivity index (χ1) is 13.3. The Kier molecular flexibility index (Phi) is 6.14. The van der Waals surface area contributed by atoms with Crippen molar-refractivity contribution in [2.24, 2.45) is 0 Å². The molecule has 0 saturated carbocycles. The molecule has 1 fully saturated rings. The zero-order valence-corrected chi connectivity index (χ0v) is 16.3.